The second kappa shape index (κ2) is 18.1. The molecule has 0 aliphatic heterocycles. The van der Waals surface area contributed by atoms with Crippen LogP contribution < -0.4 is 5.32 Å². The molecule has 0 saturated carbocycles. The van der Waals surface area contributed by atoms with Crippen molar-refractivity contribution in [1.29, 1.82) is 0 Å². The highest BCUT2D eigenvalue weighted by atomic mass is 31.2. The Hall–Kier alpha value is 0.135. The summed E-state index contributed by atoms with van der Waals surface area (Å²) in [6.07, 6.45) is 11.0. The molecule has 0 spiro atoms. The van der Waals surface area contributed by atoms with Crippen LogP contribution in [0.25, 0.3) is 0 Å². The van der Waals surface area contributed by atoms with E-state index in [9.17, 15) is 0 Å². The molecule has 0 fully saturated rings. The van der Waals surface area contributed by atoms with E-state index in [1.54, 1.807) is 0 Å². The minimum atomic E-state index is -4.64. The third kappa shape index (κ3) is 46.0. The van der Waals surface area contributed by atoms with Crippen LogP contribution in [0.5, 0.6) is 0 Å². The summed E-state index contributed by atoms with van der Waals surface area (Å²) < 4.78 is 8.88. The van der Waals surface area contributed by atoms with Gasteiger partial charge in [0.15, 0.2) is 0 Å². The van der Waals surface area contributed by atoms with Crippen molar-refractivity contribution in [2.45, 2.75) is 65.2 Å². The zero-order chi connectivity index (χ0) is 14.3. The molecule has 0 unspecified atom stereocenters. The summed E-state index contributed by atoms with van der Waals surface area (Å²) >= 11 is 0. The van der Waals surface area contributed by atoms with Gasteiger partial charge in [0.1, 0.15) is 0 Å². The molecule has 0 radical (unpaired) electrons. The highest BCUT2D eigenvalue weighted by molar-refractivity contribution is 7.45. The first-order valence-electron chi connectivity index (χ1n) is 6.90. The molecule has 0 aromatic heterocycles. The van der Waals surface area contributed by atoms with E-state index in [-0.39, 0.29) is 8.41 Å². The van der Waals surface area contributed by atoms with E-state index in [1.165, 1.54) is 64.5 Å². The number of hydrogen-bond donors (Lipinski definition) is 4. The van der Waals surface area contributed by atoms with Crippen LogP contribution in [0.1, 0.15) is 65.2 Å². The molecule has 19 heavy (non-hydrogen) atoms. The summed E-state index contributed by atoms with van der Waals surface area (Å²) in [5.41, 5.74) is 0. The fourth-order valence-electron chi connectivity index (χ4n) is 1.48. The molecule has 118 valence electrons. The number of unbranched alkanes of at least 4 members (excludes halogenated alkanes) is 6. The van der Waals surface area contributed by atoms with Crippen molar-refractivity contribution in [3.05, 3.63) is 0 Å². The lowest BCUT2D eigenvalue weighted by molar-refractivity contribution is 0.275. The lowest BCUT2D eigenvalue weighted by Crippen LogP contribution is -2.16. The highest BCUT2D eigenvalue weighted by Gasteiger charge is 2.00. The molecule has 5 nitrogen and oxygen atoms in total. The summed E-state index contributed by atoms with van der Waals surface area (Å²) in [7, 11) is -4.64. The molecule has 0 aliphatic rings. The predicted octanol–water partition coefficient (Wildman–Crippen LogP) is 1.62. The third-order valence-electron chi connectivity index (χ3n) is 2.41. The first kappa shape index (κ1) is 24.2. The summed E-state index contributed by atoms with van der Waals surface area (Å²) in [5.74, 6) is 0. The van der Waals surface area contributed by atoms with Crippen molar-refractivity contribution >= 4 is 16.2 Å². The van der Waals surface area contributed by atoms with Gasteiger partial charge in [-0.2, -0.15) is 0 Å². The SMILES string of the molecule is B.CCCCCCNCCCCCC.O=P(O)(O)O. The van der Waals surface area contributed by atoms with Gasteiger partial charge < -0.3 is 20.0 Å². The van der Waals surface area contributed by atoms with Crippen molar-refractivity contribution in [3.8, 4) is 0 Å². The molecule has 0 aromatic rings. The fourth-order valence-corrected chi connectivity index (χ4v) is 1.48. The van der Waals surface area contributed by atoms with Crippen LogP contribution in [-0.4, -0.2) is 36.2 Å². The van der Waals surface area contributed by atoms with E-state index in [2.05, 4.69) is 19.2 Å². The van der Waals surface area contributed by atoms with Crippen molar-refractivity contribution in [3.63, 3.8) is 0 Å². The third-order valence-corrected chi connectivity index (χ3v) is 2.41. The molecule has 0 saturated heterocycles. The normalized spacial score (nSPS) is 10.4. The molecular weight excluding hydrogens is 264 g/mol. The highest BCUT2D eigenvalue weighted by Crippen LogP contribution is 2.25. The maximum absolute atomic E-state index is 8.88. The van der Waals surface area contributed by atoms with Gasteiger partial charge in [0, 0.05) is 0 Å². The Labute approximate surface area is 120 Å². The molecule has 0 rings (SSSR count). The van der Waals surface area contributed by atoms with Gasteiger partial charge in [-0.3, -0.25) is 0 Å². The van der Waals surface area contributed by atoms with Gasteiger partial charge in [-0.25, -0.2) is 4.57 Å². The van der Waals surface area contributed by atoms with E-state index in [4.69, 9.17) is 19.2 Å². The largest absolute Gasteiger partial charge is 0.466 e. The molecular formula is C12H33BNO4P. The first-order chi connectivity index (χ1) is 8.41. The van der Waals surface area contributed by atoms with E-state index in [0.717, 1.165) is 0 Å². The van der Waals surface area contributed by atoms with Crippen LogP contribution in [0, 0.1) is 0 Å². The molecule has 0 aromatic carbocycles. The van der Waals surface area contributed by atoms with Crippen LogP contribution >= 0.6 is 7.82 Å². The lowest BCUT2D eigenvalue weighted by atomic mass is 10.2. The molecule has 0 aliphatic carbocycles. The Morgan fingerprint density at radius 1 is 0.789 bits per heavy atom. The zero-order valence-electron chi connectivity index (χ0n) is 11.8. The zero-order valence-corrected chi connectivity index (χ0v) is 12.7. The predicted molar refractivity (Wildman–Crippen MR) is 85.4 cm³/mol. The van der Waals surface area contributed by atoms with Gasteiger partial charge in [-0.15, -0.1) is 0 Å². The first-order valence-corrected chi connectivity index (χ1v) is 8.47. The van der Waals surface area contributed by atoms with E-state index in [0.29, 0.717) is 0 Å². The van der Waals surface area contributed by atoms with E-state index < -0.39 is 7.82 Å². The van der Waals surface area contributed by atoms with Gasteiger partial charge in [-0.1, -0.05) is 52.4 Å². The van der Waals surface area contributed by atoms with Crippen LogP contribution in [0.15, 0.2) is 0 Å². The van der Waals surface area contributed by atoms with Crippen LogP contribution in [0.2, 0.25) is 0 Å². The molecule has 4 N–H and O–H groups in total. The Bertz CT molecular complexity index is 184. The number of phosphoric acid groups is 1. The average molecular weight is 297 g/mol. The van der Waals surface area contributed by atoms with Crippen molar-refractivity contribution in [2.75, 3.05) is 13.1 Å². The summed E-state index contributed by atoms with van der Waals surface area (Å²) in [6.45, 7) is 6.98. The summed E-state index contributed by atoms with van der Waals surface area (Å²) in [6, 6.07) is 0. The second-order valence-electron chi connectivity index (χ2n) is 4.38. The average Bonchev–Trinajstić information content (AvgIpc) is 2.25. The van der Waals surface area contributed by atoms with Crippen molar-refractivity contribution < 1.29 is 19.2 Å². The van der Waals surface area contributed by atoms with Gasteiger partial charge in [0.05, 0.1) is 8.41 Å². The molecule has 0 heterocycles. The number of hydrogen-bond acceptors (Lipinski definition) is 2. The van der Waals surface area contributed by atoms with Crippen molar-refractivity contribution in [1.82, 2.24) is 5.32 Å². The quantitative estimate of drug-likeness (QED) is 0.279. The monoisotopic (exact) mass is 297 g/mol. The molecule has 0 amide bonds. The summed E-state index contributed by atoms with van der Waals surface area (Å²) in [4.78, 5) is 21.6. The fraction of sp³-hybridized carbons (Fsp3) is 1.00. The minimum Gasteiger partial charge on any atom is -0.317 e. The van der Waals surface area contributed by atoms with Gasteiger partial charge in [0.2, 0.25) is 0 Å². The Morgan fingerprint density at radius 3 is 1.37 bits per heavy atom. The lowest BCUT2D eigenvalue weighted by Gasteiger charge is -2.03. The van der Waals surface area contributed by atoms with Crippen molar-refractivity contribution in [2.24, 2.45) is 0 Å². The van der Waals surface area contributed by atoms with Crippen LogP contribution in [0.3, 0.4) is 0 Å². The summed E-state index contributed by atoms with van der Waals surface area (Å²) in [5, 5.41) is 3.50. The Balaban J connectivity index is -0.000000366. The molecule has 7 heteroatoms. The minimum absolute atomic E-state index is 0. The second-order valence-corrected chi connectivity index (χ2v) is 5.41. The standard InChI is InChI=1S/C12H27N.BH3.H3O4P/c1-3-5-7-9-11-13-12-10-8-6-4-2;;1-5(2,3)4/h13H,3-12H2,1-2H3;1H3;(H3,1,2,3,4). The van der Waals surface area contributed by atoms with E-state index in [1.807, 2.05) is 0 Å². The number of rotatable bonds is 10. The molecule has 0 atom stereocenters. The topological polar surface area (TPSA) is 89.8 Å². The maximum atomic E-state index is 8.88. The Kier molecular flexibility index (Phi) is 23.1. The van der Waals surface area contributed by atoms with Gasteiger partial charge in [-0.05, 0) is 25.9 Å². The smallest absolute Gasteiger partial charge is 0.317 e. The number of nitrogens with one attached hydrogen (secondary N) is 1. The van der Waals surface area contributed by atoms with Gasteiger partial charge >= 0.3 is 7.82 Å². The van der Waals surface area contributed by atoms with Crippen LogP contribution in [-0.2, 0) is 4.57 Å². The Morgan fingerprint density at radius 2 is 1.11 bits per heavy atom. The van der Waals surface area contributed by atoms with Crippen LogP contribution in [0.4, 0.5) is 0 Å². The maximum Gasteiger partial charge on any atom is 0.466 e. The van der Waals surface area contributed by atoms with Gasteiger partial charge in [0.25, 0.3) is 0 Å². The molecule has 0 bridgehead atoms. The van der Waals surface area contributed by atoms with E-state index >= 15 is 0 Å².